The quantitative estimate of drug-likeness (QED) is 0.495. The predicted octanol–water partition coefficient (Wildman–Crippen LogP) is 3.95. The molecule has 1 aromatic heterocycles. The Hall–Kier alpha value is -2.01. The molecular weight excluding hydrogens is 308 g/mol. The first-order chi connectivity index (χ1) is 11.0. The second-order valence-electron chi connectivity index (χ2n) is 5.51. The molecule has 4 nitrogen and oxygen atoms in total. The summed E-state index contributed by atoms with van der Waals surface area (Å²) in [5.41, 5.74) is 1.99. The molecule has 2 atom stereocenters. The number of carbonyl (C=O) groups excluding carboxylic acids is 1. The number of benzene rings is 1. The van der Waals surface area contributed by atoms with Gasteiger partial charge in [0.15, 0.2) is 6.20 Å². The van der Waals surface area contributed by atoms with Crippen LogP contribution in [0.15, 0.2) is 53.7 Å². The van der Waals surface area contributed by atoms with Gasteiger partial charge in [-0.1, -0.05) is 32.0 Å². The zero-order valence-corrected chi connectivity index (χ0v) is 14.5. The normalized spacial score (nSPS) is 13.3. The molecule has 5 heteroatoms. The Morgan fingerprint density at radius 3 is 2.61 bits per heavy atom. The molecule has 1 N–H and O–H groups in total. The largest absolute Gasteiger partial charge is 0.618 e. The lowest BCUT2D eigenvalue weighted by molar-refractivity contribution is -0.645. The second kappa shape index (κ2) is 8.02. The molecule has 0 fully saturated rings. The lowest BCUT2D eigenvalue weighted by Crippen LogP contribution is -2.30. The van der Waals surface area contributed by atoms with Gasteiger partial charge in [0, 0.05) is 17.8 Å². The third-order valence-electron chi connectivity index (χ3n) is 3.82. The summed E-state index contributed by atoms with van der Waals surface area (Å²) in [6.07, 6.45) is 2.45. The fourth-order valence-electron chi connectivity index (χ4n) is 2.23. The number of aromatic nitrogens is 1. The molecular formula is C18H22N2O2S. The average Bonchev–Trinajstić information content (AvgIpc) is 2.56. The zero-order valence-electron chi connectivity index (χ0n) is 13.7. The first-order valence-corrected chi connectivity index (χ1v) is 8.65. The topological polar surface area (TPSA) is 56.0 Å². The summed E-state index contributed by atoms with van der Waals surface area (Å²) in [7, 11) is 0. The van der Waals surface area contributed by atoms with Crippen LogP contribution in [-0.4, -0.2) is 11.2 Å². The Bertz CT molecular complexity index is 676. The van der Waals surface area contributed by atoms with Crippen molar-refractivity contribution in [3.8, 4) is 0 Å². The van der Waals surface area contributed by atoms with Crippen molar-refractivity contribution in [1.29, 1.82) is 0 Å². The number of amides is 1. The van der Waals surface area contributed by atoms with Crippen LogP contribution in [0.4, 0.5) is 5.69 Å². The van der Waals surface area contributed by atoms with Crippen molar-refractivity contribution >= 4 is 23.4 Å². The standard InChI is InChI=1S/C18H22N2O2S/c1-4-13(2)15-9-5-6-10-16(15)19-18(21)14(3)23-17-11-7-8-12-20(17)22/h5-14H,4H2,1-3H3,(H,19,21)/t13-,14+/m1/s1. The molecule has 0 aliphatic rings. The van der Waals surface area contributed by atoms with Crippen molar-refractivity contribution in [2.24, 2.45) is 0 Å². The molecule has 2 aromatic rings. The van der Waals surface area contributed by atoms with E-state index in [9.17, 15) is 10.0 Å². The van der Waals surface area contributed by atoms with E-state index in [1.54, 1.807) is 25.1 Å². The van der Waals surface area contributed by atoms with Crippen LogP contribution < -0.4 is 10.0 Å². The monoisotopic (exact) mass is 330 g/mol. The maximum atomic E-state index is 12.4. The summed E-state index contributed by atoms with van der Waals surface area (Å²) in [5, 5.41) is 14.8. The molecule has 0 radical (unpaired) electrons. The van der Waals surface area contributed by atoms with Crippen molar-refractivity contribution in [1.82, 2.24) is 0 Å². The van der Waals surface area contributed by atoms with E-state index in [0.717, 1.165) is 22.4 Å². The van der Waals surface area contributed by atoms with Crippen LogP contribution in [0.2, 0.25) is 0 Å². The number of nitrogens with zero attached hydrogens (tertiary/aromatic N) is 1. The maximum absolute atomic E-state index is 12.4. The number of carbonyl (C=O) groups is 1. The van der Waals surface area contributed by atoms with Crippen molar-refractivity contribution in [2.75, 3.05) is 5.32 Å². The molecule has 0 saturated heterocycles. The number of para-hydroxylation sites is 1. The lowest BCUT2D eigenvalue weighted by Gasteiger charge is -2.17. The van der Waals surface area contributed by atoms with Gasteiger partial charge in [-0.3, -0.25) is 4.79 Å². The van der Waals surface area contributed by atoms with Crippen LogP contribution in [0.5, 0.6) is 0 Å². The third-order valence-corrected chi connectivity index (χ3v) is 4.94. The van der Waals surface area contributed by atoms with Crippen molar-refractivity contribution < 1.29 is 9.52 Å². The molecule has 2 rings (SSSR count). The molecule has 0 bridgehead atoms. The minimum absolute atomic E-state index is 0.102. The predicted molar refractivity (Wildman–Crippen MR) is 94.5 cm³/mol. The van der Waals surface area contributed by atoms with Gasteiger partial charge in [-0.25, -0.2) is 0 Å². The van der Waals surface area contributed by atoms with Crippen LogP contribution in [0.25, 0.3) is 0 Å². The molecule has 1 aromatic carbocycles. The van der Waals surface area contributed by atoms with E-state index in [-0.39, 0.29) is 11.2 Å². The van der Waals surface area contributed by atoms with Gasteiger partial charge in [0.2, 0.25) is 5.91 Å². The fourth-order valence-corrected chi connectivity index (χ4v) is 3.08. The van der Waals surface area contributed by atoms with E-state index < -0.39 is 0 Å². The number of hydrogen-bond donors (Lipinski definition) is 1. The van der Waals surface area contributed by atoms with Gasteiger partial charge >= 0.3 is 0 Å². The number of anilines is 1. The van der Waals surface area contributed by atoms with Crippen LogP contribution in [-0.2, 0) is 4.79 Å². The highest BCUT2D eigenvalue weighted by molar-refractivity contribution is 8.00. The molecule has 0 saturated carbocycles. The molecule has 0 aliphatic carbocycles. The summed E-state index contributed by atoms with van der Waals surface area (Å²) >= 11 is 1.26. The molecule has 1 amide bonds. The SMILES string of the molecule is CC[C@@H](C)c1ccccc1NC(=O)[C@H](C)Sc1cccc[n+]1[O-]. The summed E-state index contributed by atoms with van der Waals surface area (Å²) in [4.78, 5) is 12.4. The van der Waals surface area contributed by atoms with Crippen molar-refractivity contribution in [2.45, 2.75) is 43.4 Å². The molecule has 122 valence electrons. The molecule has 0 spiro atoms. The van der Waals surface area contributed by atoms with Gasteiger partial charge in [0.05, 0.1) is 5.25 Å². The van der Waals surface area contributed by atoms with Gasteiger partial charge in [-0.2, -0.15) is 4.73 Å². The van der Waals surface area contributed by atoms with Crippen molar-refractivity contribution in [3.05, 3.63) is 59.4 Å². The number of nitrogens with one attached hydrogen (secondary N) is 1. The average molecular weight is 330 g/mol. The summed E-state index contributed by atoms with van der Waals surface area (Å²) in [6, 6.07) is 13.1. The maximum Gasteiger partial charge on any atom is 0.252 e. The molecule has 1 heterocycles. The van der Waals surface area contributed by atoms with Crippen LogP contribution in [0.1, 0.15) is 38.7 Å². The summed E-state index contributed by atoms with van der Waals surface area (Å²) in [6.45, 7) is 6.08. The Morgan fingerprint density at radius 1 is 1.22 bits per heavy atom. The minimum atomic E-state index is -0.359. The molecule has 0 aliphatic heterocycles. The van der Waals surface area contributed by atoms with Crippen LogP contribution in [0.3, 0.4) is 0 Å². The van der Waals surface area contributed by atoms with Gasteiger partial charge in [0.25, 0.3) is 5.03 Å². The highest BCUT2D eigenvalue weighted by Gasteiger charge is 2.20. The smallest absolute Gasteiger partial charge is 0.252 e. The highest BCUT2D eigenvalue weighted by atomic mass is 32.2. The van der Waals surface area contributed by atoms with Crippen LogP contribution >= 0.6 is 11.8 Å². The fraction of sp³-hybridized carbons (Fsp3) is 0.333. The van der Waals surface area contributed by atoms with Gasteiger partial charge in [-0.15, -0.1) is 0 Å². The van der Waals surface area contributed by atoms with Gasteiger partial charge in [-0.05, 0) is 48.7 Å². The van der Waals surface area contributed by atoms with E-state index in [4.69, 9.17) is 0 Å². The first-order valence-electron chi connectivity index (χ1n) is 7.77. The summed E-state index contributed by atoms with van der Waals surface area (Å²) < 4.78 is 0.779. The number of hydrogen-bond acceptors (Lipinski definition) is 3. The Labute approximate surface area is 141 Å². The lowest BCUT2D eigenvalue weighted by atomic mass is 9.97. The van der Waals surface area contributed by atoms with E-state index in [0.29, 0.717) is 10.9 Å². The number of rotatable bonds is 6. The molecule has 23 heavy (non-hydrogen) atoms. The zero-order chi connectivity index (χ0) is 16.8. The van der Waals surface area contributed by atoms with Gasteiger partial charge < -0.3 is 10.5 Å². The minimum Gasteiger partial charge on any atom is -0.618 e. The number of thioether (sulfide) groups is 1. The van der Waals surface area contributed by atoms with E-state index >= 15 is 0 Å². The summed E-state index contributed by atoms with van der Waals surface area (Å²) in [5.74, 6) is 0.280. The number of pyridine rings is 1. The van der Waals surface area contributed by atoms with E-state index in [1.807, 2.05) is 24.3 Å². The Balaban J connectivity index is 2.09. The van der Waals surface area contributed by atoms with E-state index in [1.165, 1.54) is 18.0 Å². The van der Waals surface area contributed by atoms with E-state index in [2.05, 4.69) is 19.2 Å². The molecule has 0 unspecified atom stereocenters. The van der Waals surface area contributed by atoms with Crippen LogP contribution in [0, 0.1) is 5.21 Å². The Kier molecular flexibility index (Phi) is 6.04. The first kappa shape index (κ1) is 17.3. The highest BCUT2D eigenvalue weighted by Crippen LogP contribution is 2.28. The Morgan fingerprint density at radius 2 is 1.91 bits per heavy atom. The van der Waals surface area contributed by atoms with Crippen molar-refractivity contribution in [3.63, 3.8) is 0 Å². The second-order valence-corrected chi connectivity index (χ2v) is 6.87. The third kappa shape index (κ3) is 4.48. The van der Waals surface area contributed by atoms with Gasteiger partial charge in [0.1, 0.15) is 0 Å².